The Morgan fingerprint density at radius 3 is 2.25 bits per heavy atom. The van der Waals surface area contributed by atoms with Crippen LogP contribution in [0.25, 0.3) is 5.82 Å². The van der Waals surface area contributed by atoms with Gasteiger partial charge in [-0.2, -0.15) is 0 Å². The number of aromatic nitrogens is 4. The van der Waals surface area contributed by atoms with Crippen LogP contribution in [0.2, 0.25) is 0 Å². The Balaban J connectivity index is 1.36. The molecule has 1 saturated heterocycles. The third-order valence-corrected chi connectivity index (χ3v) is 5.69. The number of hydrogen-bond donors (Lipinski definition) is 0. The van der Waals surface area contributed by atoms with E-state index in [2.05, 4.69) is 19.9 Å². The molecular weight excluding hydrogens is 408 g/mol. The Morgan fingerprint density at radius 2 is 1.62 bits per heavy atom. The van der Waals surface area contributed by atoms with Crippen LogP contribution in [0.5, 0.6) is 11.5 Å². The van der Waals surface area contributed by atoms with Crippen molar-refractivity contribution < 1.29 is 14.3 Å². The van der Waals surface area contributed by atoms with Crippen LogP contribution in [-0.2, 0) is 4.79 Å². The summed E-state index contributed by atoms with van der Waals surface area (Å²) in [7, 11) is 1.61. The lowest BCUT2D eigenvalue weighted by Crippen LogP contribution is -2.50. The molecule has 0 unspecified atom stereocenters. The van der Waals surface area contributed by atoms with Crippen molar-refractivity contribution in [2.24, 2.45) is 0 Å². The van der Waals surface area contributed by atoms with Crippen molar-refractivity contribution >= 4 is 11.7 Å². The predicted octanol–water partition coefficient (Wildman–Crippen LogP) is 2.32. The Labute approximate surface area is 187 Å². The fraction of sp³-hybridized carbons (Fsp3) is 0.391. The number of rotatable bonds is 6. The molecule has 0 N–H and O–H groups in total. The van der Waals surface area contributed by atoms with Gasteiger partial charge in [0.25, 0.3) is 5.91 Å². The van der Waals surface area contributed by atoms with Gasteiger partial charge in [0.05, 0.1) is 12.8 Å². The summed E-state index contributed by atoms with van der Waals surface area (Å²) >= 11 is 0. The third-order valence-electron chi connectivity index (χ3n) is 5.69. The minimum absolute atomic E-state index is 0.0162. The molecule has 3 heterocycles. The molecular formula is C23H28N6O3. The number of aryl methyl sites for hydroxylation is 2. The second-order valence-electron chi connectivity index (χ2n) is 7.75. The van der Waals surface area contributed by atoms with Crippen molar-refractivity contribution in [3.05, 3.63) is 53.9 Å². The zero-order valence-electron chi connectivity index (χ0n) is 18.9. The molecule has 2 aromatic heterocycles. The van der Waals surface area contributed by atoms with Crippen LogP contribution in [0.3, 0.4) is 0 Å². The fourth-order valence-corrected chi connectivity index (χ4v) is 3.64. The highest BCUT2D eigenvalue weighted by molar-refractivity contribution is 5.78. The molecule has 3 aromatic rings. The maximum absolute atomic E-state index is 12.6. The molecule has 0 aliphatic carbocycles. The summed E-state index contributed by atoms with van der Waals surface area (Å²) in [4.78, 5) is 30.2. The van der Waals surface area contributed by atoms with E-state index in [9.17, 15) is 4.79 Å². The number of amides is 1. The van der Waals surface area contributed by atoms with Crippen LogP contribution in [0.15, 0.2) is 36.7 Å². The van der Waals surface area contributed by atoms with Gasteiger partial charge in [0, 0.05) is 37.9 Å². The Morgan fingerprint density at radius 1 is 0.969 bits per heavy atom. The van der Waals surface area contributed by atoms with Gasteiger partial charge < -0.3 is 19.3 Å². The second kappa shape index (κ2) is 9.25. The quantitative estimate of drug-likeness (QED) is 0.586. The minimum Gasteiger partial charge on any atom is -0.497 e. The number of ether oxygens (including phenoxy) is 2. The summed E-state index contributed by atoms with van der Waals surface area (Å²) in [5.41, 5.74) is 2.04. The van der Waals surface area contributed by atoms with Crippen LogP contribution in [0.4, 0.5) is 5.82 Å². The lowest BCUT2D eigenvalue weighted by atomic mass is 10.3. The van der Waals surface area contributed by atoms with Gasteiger partial charge >= 0.3 is 0 Å². The number of nitrogens with zero attached hydrogens (tertiary/aromatic N) is 6. The van der Waals surface area contributed by atoms with Crippen molar-refractivity contribution in [1.29, 1.82) is 0 Å². The second-order valence-corrected chi connectivity index (χ2v) is 7.75. The van der Waals surface area contributed by atoms with Gasteiger partial charge in [-0.1, -0.05) is 0 Å². The molecule has 1 aliphatic rings. The Bertz CT molecular complexity index is 1090. The average Bonchev–Trinajstić information content (AvgIpc) is 3.15. The standard InChI is InChI=1S/C23H28N6O3/c1-16-17(2)29(15-24-16)22-13-21(25-18(3)26-22)27-9-11-28(12-10-27)23(30)14-32-20-7-5-19(31-4)6-8-20/h5-8,13,15H,9-12,14H2,1-4H3. The smallest absolute Gasteiger partial charge is 0.260 e. The number of anilines is 1. The highest BCUT2D eigenvalue weighted by Crippen LogP contribution is 2.20. The molecule has 4 rings (SSSR count). The number of piperazine rings is 1. The fourth-order valence-electron chi connectivity index (χ4n) is 3.64. The number of carbonyl (C=O) groups excluding carboxylic acids is 1. The van der Waals surface area contributed by atoms with Gasteiger partial charge in [0.2, 0.25) is 0 Å². The topological polar surface area (TPSA) is 85.6 Å². The van der Waals surface area contributed by atoms with Crippen LogP contribution in [0, 0.1) is 20.8 Å². The SMILES string of the molecule is COc1ccc(OCC(=O)N2CCN(c3cc(-n4cnc(C)c4C)nc(C)n3)CC2)cc1. The molecule has 9 heteroatoms. The molecule has 32 heavy (non-hydrogen) atoms. The number of carbonyl (C=O) groups is 1. The molecule has 0 bridgehead atoms. The van der Waals surface area contributed by atoms with E-state index in [1.807, 2.05) is 48.4 Å². The summed E-state index contributed by atoms with van der Waals surface area (Å²) in [5.74, 6) is 3.74. The summed E-state index contributed by atoms with van der Waals surface area (Å²) in [6.07, 6.45) is 1.79. The zero-order valence-corrected chi connectivity index (χ0v) is 18.9. The van der Waals surface area contributed by atoms with E-state index in [4.69, 9.17) is 9.47 Å². The van der Waals surface area contributed by atoms with Gasteiger partial charge in [-0.25, -0.2) is 15.0 Å². The Kier molecular flexibility index (Phi) is 6.25. The molecule has 0 spiro atoms. The number of imidazole rings is 1. The minimum atomic E-state index is -0.0236. The first-order chi connectivity index (χ1) is 15.4. The van der Waals surface area contributed by atoms with Gasteiger partial charge in [-0.05, 0) is 45.0 Å². The lowest BCUT2D eigenvalue weighted by Gasteiger charge is -2.35. The zero-order chi connectivity index (χ0) is 22.7. The van der Waals surface area contributed by atoms with Crippen molar-refractivity contribution in [2.45, 2.75) is 20.8 Å². The van der Waals surface area contributed by atoms with Crippen molar-refractivity contribution in [3.8, 4) is 17.3 Å². The van der Waals surface area contributed by atoms with Crippen molar-refractivity contribution in [1.82, 2.24) is 24.4 Å². The Hall–Kier alpha value is -3.62. The first-order valence-corrected chi connectivity index (χ1v) is 10.6. The summed E-state index contributed by atoms with van der Waals surface area (Å²) in [5, 5.41) is 0. The van der Waals surface area contributed by atoms with Crippen LogP contribution in [0.1, 0.15) is 17.2 Å². The van der Waals surface area contributed by atoms with Gasteiger partial charge in [0.1, 0.15) is 35.3 Å². The number of methoxy groups -OCH3 is 1. The molecule has 1 amide bonds. The molecule has 0 atom stereocenters. The summed E-state index contributed by atoms with van der Waals surface area (Å²) in [6, 6.07) is 9.18. The maximum atomic E-state index is 12.6. The molecule has 1 fully saturated rings. The molecule has 1 aliphatic heterocycles. The largest absolute Gasteiger partial charge is 0.497 e. The van der Waals surface area contributed by atoms with E-state index in [0.717, 1.165) is 28.8 Å². The monoisotopic (exact) mass is 436 g/mol. The molecule has 9 nitrogen and oxygen atoms in total. The van der Waals surface area contributed by atoms with E-state index < -0.39 is 0 Å². The lowest BCUT2D eigenvalue weighted by molar-refractivity contribution is -0.133. The van der Waals surface area contributed by atoms with E-state index in [-0.39, 0.29) is 12.5 Å². The predicted molar refractivity (Wildman–Crippen MR) is 121 cm³/mol. The number of benzene rings is 1. The summed E-state index contributed by atoms with van der Waals surface area (Å²) in [6.45, 7) is 8.55. The highest BCUT2D eigenvalue weighted by atomic mass is 16.5. The van der Waals surface area contributed by atoms with Gasteiger partial charge in [-0.3, -0.25) is 9.36 Å². The van der Waals surface area contributed by atoms with Crippen LogP contribution >= 0.6 is 0 Å². The maximum Gasteiger partial charge on any atom is 0.260 e. The first kappa shape index (κ1) is 21.6. The van der Waals surface area contributed by atoms with Crippen molar-refractivity contribution in [3.63, 3.8) is 0 Å². The average molecular weight is 437 g/mol. The first-order valence-electron chi connectivity index (χ1n) is 10.6. The van der Waals surface area contributed by atoms with E-state index in [1.165, 1.54) is 0 Å². The van der Waals surface area contributed by atoms with E-state index in [1.54, 1.807) is 25.6 Å². The van der Waals surface area contributed by atoms with E-state index >= 15 is 0 Å². The van der Waals surface area contributed by atoms with Crippen molar-refractivity contribution in [2.75, 3.05) is 44.8 Å². The molecule has 168 valence electrons. The molecule has 0 saturated carbocycles. The summed E-state index contributed by atoms with van der Waals surface area (Å²) < 4.78 is 12.7. The van der Waals surface area contributed by atoms with E-state index in [0.29, 0.717) is 37.8 Å². The molecule has 1 aromatic carbocycles. The normalized spacial score (nSPS) is 13.9. The molecule has 0 radical (unpaired) electrons. The highest BCUT2D eigenvalue weighted by Gasteiger charge is 2.23. The van der Waals surface area contributed by atoms with Crippen LogP contribution in [-0.4, -0.2) is 70.2 Å². The third kappa shape index (κ3) is 4.66. The van der Waals surface area contributed by atoms with Gasteiger partial charge in [-0.15, -0.1) is 0 Å². The number of hydrogen-bond acceptors (Lipinski definition) is 7. The van der Waals surface area contributed by atoms with Gasteiger partial charge in [0.15, 0.2) is 6.61 Å². The van der Waals surface area contributed by atoms with Crippen LogP contribution < -0.4 is 14.4 Å².